The standard InChI is InChI=1S/C23H19ClN2O2/c1-13-5-4-6-20(14(13)2)28-17-9-7-16(8-10-17)25-22-18-11-12-19(24)15(3)21(18)26-23(22)27/h4-12H,1-3H3,(H,25,26,27). The Morgan fingerprint density at radius 2 is 1.68 bits per heavy atom. The van der Waals surface area contributed by atoms with Crippen molar-refractivity contribution in [3.63, 3.8) is 0 Å². The Kier molecular flexibility index (Phi) is 4.65. The van der Waals surface area contributed by atoms with Crippen LogP contribution >= 0.6 is 11.6 Å². The number of carbonyl (C=O) groups is 1. The minimum Gasteiger partial charge on any atom is -0.457 e. The van der Waals surface area contributed by atoms with E-state index < -0.39 is 0 Å². The maximum absolute atomic E-state index is 12.4. The highest BCUT2D eigenvalue weighted by Gasteiger charge is 2.28. The summed E-state index contributed by atoms with van der Waals surface area (Å²) in [4.78, 5) is 16.9. The van der Waals surface area contributed by atoms with E-state index in [9.17, 15) is 4.79 Å². The molecule has 0 radical (unpaired) electrons. The van der Waals surface area contributed by atoms with Gasteiger partial charge in [-0.25, -0.2) is 4.99 Å². The second kappa shape index (κ2) is 7.13. The first-order chi connectivity index (χ1) is 13.4. The average molecular weight is 391 g/mol. The molecule has 1 aliphatic rings. The Morgan fingerprint density at radius 1 is 0.929 bits per heavy atom. The van der Waals surface area contributed by atoms with Gasteiger partial charge in [-0.15, -0.1) is 0 Å². The molecule has 0 saturated carbocycles. The minimum atomic E-state index is -0.226. The van der Waals surface area contributed by atoms with Gasteiger partial charge in [0.2, 0.25) is 0 Å². The summed E-state index contributed by atoms with van der Waals surface area (Å²) >= 11 is 6.15. The molecule has 140 valence electrons. The highest BCUT2D eigenvalue weighted by molar-refractivity contribution is 6.54. The van der Waals surface area contributed by atoms with Crippen LogP contribution in [-0.2, 0) is 4.79 Å². The highest BCUT2D eigenvalue weighted by Crippen LogP contribution is 2.33. The van der Waals surface area contributed by atoms with E-state index >= 15 is 0 Å². The van der Waals surface area contributed by atoms with Crippen molar-refractivity contribution in [2.45, 2.75) is 20.8 Å². The summed E-state index contributed by atoms with van der Waals surface area (Å²) in [6.45, 7) is 5.97. The number of ether oxygens (including phenoxy) is 1. The monoisotopic (exact) mass is 390 g/mol. The second-order valence-corrected chi connectivity index (χ2v) is 7.21. The number of hydrogen-bond donors (Lipinski definition) is 1. The number of carbonyl (C=O) groups excluding carboxylic acids is 1. The number of hydrogen-bond acceptors (Lipinski definition) is 3. The maximum Gasteiger partial charge on any atom is 0.275 e. The third kappa shape index (κ3) is 3.27. The lowest BCUT2D eigenvalue weighted by Gasteiger charge is -2.10. The van der Waals surface area contributed by atoms with Crippen LogP contribution in [0.3, 0.4) is 0 Å². The zero-order valence-electron chi connectivity index (χ0n) is 15.8. The first-order valence-corrected chi connectivity index (χ1v) is 9.35. The van der Waals surface area contributed by atoms with Crippen molar-refractivity contribution < 1.29 is 9.53 Å². The van der Waals surface area contributed by atoms with Crippen LogP contribution in [0.15, 0.2) is 59.6 Å². The van der Waals surface area contributed by atoms with Gasteiger partial charge in [-0.2, -0.15) is 0 Å². The molecule has 0 aromatic heterocycles. The second-order valence-electron chi connectivity index (χ2n) is 6.80. The van der Waals surface area contributed by atoms with Gasteiger partial charge in [-0.3, -0.25) is 4.79 Å². The van der Waals surface area contributed by atoms with Gasteiger partial charge in [-0.05, 0) is 79.9 Å². The molecule has 0 aliphatic carbocycles. The number of amides is 1. The van der Waals surface area contributed by atoms with E-state index in [1.54, 1.807) is 6.07 Å². The molecule has 1 heterocycles. The van der Waals surface area contributed by atoms with Crippen molar-refractivity contribution in [1.29, 1.82) is 0 Å². The van der Waals surface area contributed by atoms with Gasteiger partial charge in [0.15, 0.2) is 0 Å². The number of benzene rings is 3. The van der Waals surface area contributed by atoms with Crippen LogP contribution < -0.4 is 10.1 Å². The van der Waals surface area contributed by atoms with E-state index in [2.05, 4.69) is 23.3 Å². The summed E-state index contributed by atoms with van der Waals surface area (Å²) < 4.78 is 5.98. The Morgan fingerprint density at radius 3 is 2.43 bits per heavy atom. The lowest BCUT2D eigenvalue weighted by atomic mass is 10.1. The van der Waals surface area contributed by atoms with Crippen LogP contribution in [0.2, 0.25) is 5.02 Å². The molecule has 3 aromatic carbocycles. The molecule has 3 aromatic rings. The first kappa shape index (κ1) is 18.3. The van der Waals surface area contributed by atoms with E-state index in [0.717, 1.165) is 33.9 Å². The molecule has 0 spiro atoms. The van der Waals surface area contributed by atoms with Crippen molar-refractivity contribution in [1.82, 2.24) is 0 Å². The SMILES string of the molecule is Cc1cccc(Oc2ccc(N=C3C(=O)Nc4c3ccc(Cl)c4C)cc2)c1C. The Labute approximate surface area is 168 Å². The summed E-state index contributed by atoms with van der Waals surface area (Å²) in [5, 5.41) is 3.47. The molecule has 4 rings (SSSR count). The van der Waals surface area contributed by atoms with Crippen molar-refractivity contribution in [3.05, 3.63) is 81.9 Å². The fraction of sp³-hybridized carbons (Fsp3) is 0.130. The highest BCUT2D eigenvalue weighted by atomic mass is 35.5. The molecule has 0 fully saturated rings. The third-order valence-corrected chi connectivity index (χ3v) is 5.38. The number of rotatable bonds is 3. The van der Waals surface area contributed by atoms with Gasteiger partial charge in [0.1, 0.15) is 17.2 Å². The van der Waals surface area contributed by atoms with E-state index in [0.29, 0.717) is 16.4 Å². The Hall–Kier alpha value is -3.11. The molecule has 1 amide bonds. The first-order valence-electron chi connectivity index (χ1n) is 8.97. The third-order valence-electron chi connectivity index (χ3n) is 4.97. The molecule has 4 nitrogen and oxygen atoms in total. The summed E-state index contributed by atoms with van der Waals surface area (Å²) in [6.07, 6.45) is 0. The lowest BCUT2D eigenvalue weighted by molar-refractivity contribution is -0.110. The number of anilines is 1. The Bertz CT molecular complexity index is 1120. The molecule has 0 atom stereocenters. The zero-order valence-corrected chi connectivity index (χ0v) is 16.6. The predicted molar refractivity (Wildman–Crippen MR) is 113 cm³/mol. The molecular formula is C23H19ClN2O2. The molecule has 0 bridgehead atoms. The minimum absolute atomic E-state index is 0.226. The van der Waals surface area contributed by atoms with Gasteiger partial charge >= 0.3 is 0 Å². The maximum atomic E-state index is 12.4. The largest absolute Gasteiger partial charge is 0.457 e. The summed E-state index contributed by atoms with van der Waals surface area (Å²) in [5.41, 5.74) is 5.70. The summed E-state index contributed by atoms with van der Waals surface area (Å²) in [7, 11) is 0. The van der Waals surface area contributed by atoms with Gasteiger partial charge in [0.25, 0.3) is 5.91 Å². The summed E-state index contributed by atoms with van der Waals surface area (Å²) in [6, 6.07) is 17.0. The lowest BCUT2D eigenvalue weighted by Crippen LogP contribution is -2.13. The zero-order chi connectivity index (χ0) is 19.8. The number of nitrogens with one attached hydrogen (secondary N) is 1. The van der Waals surface area contributed by atoms with Crippen LogP contribution in [0.25, 0.3) is 0 Å². The fourth-order valence-corrected chi connectivity index (χ4v) is 3.29. The van der Waals surface area contributed by atoms with E-state index in [1.165, 1.54) is 5.56 Å². The fourth-order valence-electron chi connectivity index (χ4n) is 3.13. The molecule has 1 N–H and O–H groups in total. The van der Waals surface area contributed by atoms with Crippen LogP contribution in [0.5, 0.6) is 11.5 Å². The Balaban J connectivity index is 1.61. The number of fused-ring (bicyclic) bond motifs is 1. The topological polar surface area (TPSA) is 50.7 Å². The van der Waals surface area contributed by atoms with E-state index in [-0.39, 0.29) is 5.91 Å². The number of aryl methyl sites for hydroxylation is 1. The molecule has 1 aliphatic heterocycles. The quantitative estimate of drug-likeness (QED) is 0.584. The van der Waals surface area contributed by atoms with Crippen molar-refractivity contribution in [2.75, 3.05) is 5.32 Å². The van der Waals surface area contributed by atoms with Crippen molar-refractivity contribution in [3.8, 4) is 11.5 Å². The molecule has 28 heavy (non-hydrogen) atoms. The molecule has 5 heteroatoms. The van der Waals surface area contributed by atoms with Crippen LogP contribution in [-0.4, -0.2) is 11.6 Å². The summed E-state index contributed by atoms with van der Waals surface area (Å²) in [5.74, 6) is 1.32. The number of nitrogens with zero attached hydrogens (tertiary/aromatic N) is 1. The molecular weight excluding hydrogens is 372 g/mol. The molecule has 0 saturated heterocycles. The van der Waals surface area contributed by atoms with Crippen LogP contribution in [0.4, 0.5) is 11.4 Å². The van der Waals surface area contributed by atoms with E-state index in [1.807, 2.05) is 56.3 Å². The van der Waals surface area contributed by atoms with Crippen LogP contribution in [0, 0.1) is 20.8 Å². The predicted octanol–water partition coefficient (Wildman–Crippen LogP) is 6.13. The van der Waals surface area contributed by atoms with Crippen LogP contribution in [0.1, 0.15) is 22.3 Å². The average Bonchev–Trinajstić information content (AvgIpc) is 3.00. The molecule has 0 unspecified atom stereocenters. The van der Waals surface area contributed by atoms with Crippen molar-refractivity contribution >= 4 is 34.6 Å². The van der Waals surface area contributed by atoms with Crippen molar-refractivity contribution in [2.24, 2.45) is 4.99 Å². The van der Waals surface area contributed by atoms with E-state index in [4.69, 9.17) is 16.3 Å². The van der Waals surface area contributed by atoms with Gasteiger partial charge in [0.05, 0.1) is 11.4 Å². The number of halogens is 1. The van der Waals surface area contributed by atoms with Gasteiger partial charge in [0, 0.05) is 10.6 Å². The van der Waals surface area contributed by atoms with Gasteiger partial charge in [-0.1, -0.05) is 23.7 Å². The van der Waals surface area contributed by atoms with Gasteiger partial charge < -0.3 is 10.1 Å². The number of aliphatic imine (C=N–C) groups is 1. The smallest absolute Gasteiger partial charge is 0.275 e. The normalized spacial score (nSPS) is 14.1.